The van der Waals surface area contributed by atoms with Crippen LogP contribution in [0.15, 0.2) is 29.2 Å². The first-order valence-electron chi connectivity index (χ1n) is 10.7. The summed E-state index contributed by atoms with van der Waals surface area (Å²) in [6, 6.07) is 7.28. The molecule has 1 fully saturated rings. The van der Waals surface area contributed by atoms with E-state index in [9.17, 15) is 8.42 Å². The van der Waals surface area contributed by atoms with E-state index in [1.54, 1.807) is 16.4 Å². The van der Waals surface area contributed by atoms with Gasteiger partial charge in [-0.15, -0.1) is 0 Å². The van der Waals surface area contributed by atoms with Crippen molar-refractivity contribution in [1.82, 2.24) is 14.3 Å². The molecule has 0 atom stereocenters. The monoisotopic (exact) mass is 430 g/mol. The normalized spacial score (nSPS) is 18.3. The Bertz CT molecular complexity index is 1000. The van der Waals surface area contributed by atoms with Crippen LogP contribution < -0.4 is 4.90 Å². The standard InChI is InChI=1S/C22H30N4O3S/c1-16(2)18-4-6-19(7-5-18)30(27,28)26-10-8-20-17(3)23-22(24-21(20)9-11-26)25-12-14-29-15-13-25/h4-7,16H,8-15H2,1-3H3. The van der Waals surface area contributed by atoms with Gasteiger partial charge in [0.15, 0.2) is 0 Å². The molecule has 0 N–H and O–H groups in total. The zero-order chi connectivity index (χ0) is 21.3. The molecule has 1 aromatic carbocycles. The molecule has 7 nitrogen and oxygen atoms in total. The van der Waals surface area contributed by atoms with E-state index in [0.29, 0.717) is 50.0 Å². The van der Waals surface area contributed by atoms with Crippen LogP contribution in [-0.4, -0.2) is 62.1 Å². The van der Waals surface area contributed by atoms with Crippen LogP contribution in [0.1, 0.15) is 42.3 Å². The molecule has 8 heteroatoms. The first kappa shape index (κ1) is 21.2. The van der Waals surface area contributed by atoms with Crippen molar-refractivity contribution in [3.05, 3.63) is 46.8 Å². The summed E-state index contributed by atoms with van der Waals surface area (Å²) in [5, 5.41) is 0. The molecular formula is C22H30N4O3S. The highest BCUT2D eigenvalue weighted by Gasteiger charge is 2.28. The first-order chi connectivity index (χ1) is 14.4. The van der Waals surface area contributed by atoms with E-state index >= 15 is 0 Å². The van der Waals surface area contributed by atoms with Gasteiger partial charge in [-0.25, -0.2) is 18.4 Å². The second-order valence-corrected chi connectivity index (χ2v) is 10.2. The van der Waals surface area contributed by atoms with Crippen molar-refractivity contribution >= 4 is 16.0 Å². The number of fused-ring (bicyclic) bond motifs is 1. The second kappa shape index (κ2) is 8.61. The van der Waals surface area contributed by atoms with E-state index in [1.807, 2.05) is 19.1 Å². The van der Waals surface area contributed by atoms with Gasteiger partial charge in [-0.3, -0.25) is 0 Å². The van der Waals surface area contributed by atoms with Gasteiger partial charge in [0, 0.05) is 38.3 Å². The number of hydrogen-bond acceptors (Lipinski definition) is 6. The number of nitrogens with zero attached hydrogens (tertiary/aromatic N) is 4. The highest BCUT2D eigenvalue weighted by Crippen LogP contribution is 2.25. The molecule has 0 bridgehead atoms. The largest absolute Gasteiger partial charge is 0.378 e. The summed E-state index contributed by atoms with van der Waals surface area (Å²) in [6.45, 7) is 10.0. The molecule has 2 aliphatic rings. The third-order valence-corrected chi connectivity index (χ3v) is 7.89. The fraction of sp³-hybridized carbons (Fsp3) is 0.545. The lowest BCUT2D eigenvalue weighted by molar-refractivity contribution is 0.122. The van der Waals surface area contributed by atoms with E-state index in [4.69, 9.17) is 14.7 Å². The minimum atomic E-state index is -3.53. The molecule has 4 rings (SSSR count). The van der Waals surface area contributed by atoms with E-state index in [0.717, 1.165) is 41.6 Å². The smallest absolute Gasteiger partial charge is 0.243 e. The summed E-state index contributed by atoms with van der Waals surface area (Å²) < 4.78 is 33.5. The number of rotatable bonds is 4. The van der Waals surface area contributed by atoms with Gasteiger partial charge < -0.3 is 9.64 Å². The van der Waals surface area contributed by atoms with Gasteiger partial charge >= 0.3 is 0 Å². The van der Waals surface area contributed by atoms with Crippen molar-refractivity contribution in [2.75, 3.05) is 44.3 Å². The quantitative estimate of drug-likeness (QED) is 0.742. The predicted molar refractivity (Wildman–Crippen MR) is 116 cm³/mol. The number of aryl methyl sites for hydroxylation is 1. The molecule has 1 aromatic heterocycles. The van der Waals surface area contributed by atoms with E-state index in [-0.39, 0.29) is 0 Å². The van der Waals surface area contributed by atoms with Crippen LogP contribution in [0.3, 0.4) is 0 Å². The number of ether oxygens (including phenoxy) is 1. The Labute approximate surface area is 179 Å². The van der Waals surface area contributed by atoms with Crippen molar-refractivity contribution in [3.8, 4) is 0 Å². The number of hydrogen-bond donors (Lipinski definition) is 0. The minimum Gasteiger partial charge on any atom is -0.378 e. The highest BCUT2D eigenvalue weighted by atomic mass is 32.2. The predicted octanol–water partition coefficient (Wildman–Crippen LogP) is 2.53. The average Bonchev–Trinajstić information content (AvgIpc) is 2.98. The molecule has 0 radical (unpaired) electrons. The summed E-state index contributed by atoms with van der Waals surface area (Å²) in [4.78, 5) is 12.0. The average molecular weight is 431 g/mol. The van der Waals surface area contributed by atoms with Gasteiger partial charge in [0.05, 0.1) is 23.8 Å². The molecule has 3 heterocycles. The van der Waals surface area contributed by atoms with Gasteiger partial charge in [0.25, 0.3) is 0 Å². The van der Waals surface area contributed by atoms with E-state index in [1.165, 1.54) is 0 Å². The molecule has 2 aliphatic heterocycles. The van der Waals surface area contributed by atoms with Gasteiger partial charge in [-0.2, -0.15) is 4.31 Å². The lowest BCUT2D eigenvalue weighted by Gasteiger charge is -2.27. The molecular weight excluding hydrogens is 400 g/mol. The summed E-state index contributed by atoms with van der Waals surface area (Å²) in [5.41, 5.74) is 4.14. The van der Waals surface area contributed by atoms with Gasteiger partial charge in [-0.05, 0) is 42.5 Å². The van der Waals surface area contributed by atoms with Crippen molar-refractivity contribution in [3.63, 3.8) is 0 Å². The highest BCUT2D eigenvalue weighted by molar-refractivity contribution is 7.89. The summed E-state index contributed by atoms with van der Waals surface area (Å²) in [7, 11) is -3.53. The number of anilines is 1. The van der Waals surface area contributed by atoms with Gasteiger partial charge in [0.1, 0.15) is 0 Å². The van der Waals surface area contributed by atoms with Gasteiger partial charge in [-0.1, -0.05) is 26.0 Å². The third-order valence-electron chi connectivity index (χ3n) is 5.98. The molecule has 0 amide bonds. The molecule has 30 heavy (non-hydrogen) atoms. The zero-order valence-corrected chi connectivity index (χ0v) is 18.8. The second-order valence-electron chi connectivity index (χ2n) is 8.26. The Morgan fingerprint density at radius 3 is 2.30 bits per heavy atom. The number of morpholine rings is 1. The van der Waals surface area contributed by atoms with Crippen molar-refractivity contribution in [1.29, 1.82) is 0 Å². The Morgan fingerprint density at radius 1 is 0.967 bits per heavy atom. The van der Waals surface area contributed by atoms with Crippen molar-refractivity contribution in [2.45, 2.75) is 44.4 Å². The zero-order valence-electron chi connectivity index (χ0n) is 18.0. The maximum atomic E-state index is 13.2. The molecule has 0 unspecified atom stereocenters. The maximum absolute atomic E-state index is 13.2. The summed E-state index contributed by atoms with van der Waals surface area (Å²) >= 11 is 0. The number of sulfonamides is 1. The summed E-state index contributed by atoms with van der Waals surface area (Å²) in [5.74, 6) is 1.10. The molecule has 2 aromatic rings. The van der Waals surface area contributed by atoms with Crippen LogP contribution in [0.5, 0.6) is 0 Å². The number of aromatic nitrogens is 2. The fourth-order valence-corrected chi connectivity index (χ4v) is 5.51. The lowest BCUT2D eigenvalue weighted by Crippen LogP contribution is -2.37. The van der Waals surface area contributed by atoms with Gasteiger partial charge in [0.2, 0.25) is 16.0 Å². The van der Waals surface area contributed by atoms with E-state index < -0.39 is 10.0 Å². The Kier molecular flexibility index (Phi) is 6.09. The molecule has 0 spiro atoms. The first-order valence-corrected chi connectivity index (χ1v) is 12.1. The Morgan fingerprint density at radius 2 is 1.63 bits per heavy atom. The van der Waals surface area contributed by atoms with Crippen LogP contribution >= 0.6 is 0 Å². The SMILES string of the molecule is Cc1nc(N2CCOCC2)nc2c1CCN(S(=O)(=O)c1ccc(C(C)C)cc1)CC2. The number of benzene rings is 1. The fourth-order valence-electron chi connectivity index (χ4n) is 4.07. The Hall–Kier alpha value is -2.03. The molecule has 162 valence electrons. The van der Waals surface area contributed by atoms with Crippen LogP contribution in [0.2, 0.25) is 0 Å². The molecule has 1 saturated heterocycles. The Balaban J connectivity index is 1.55. The van der Waals surface area contributed by atoms with Crippen LogP contribution in [0, 0.1) is 6.92 Å². The van der Waals surface area contributed by atoms with Crippen LogP contribution in [0.25, 0.3) is 0 Å². The van der Waals surface area contributed by atoms with Crippen molar-refractivity contribution in [2.24, 2.45) is 0 Å². The van der Waals surface area contributed by atoms with Crippen molar-refractivity contribution < 1.29 is 13.2 Å². The van der Waals surface area contributed by atoms with Crippen LogP contribution in [-0.2, 0) is 27.6 Å². The van der Waals surface area contributed by atoms with Crippen LogP contribution in [0.4, 0.5) is 5.95 Å². The molecule has 0 saturated carbocycles. The maximum Gasteiger partial charge on any atom is 0.243 e. The lowest BCUT2D eigenvalue weighted by atomic mass is 10.0. The topological polar surface area (TPSA) is 75.6 Å². The van der Waals surface area contributed by atoms with E-state index in [2.05, 4.69) is 18.7 Å². The molecule has 0 aliphatic carbocycles. The minimum absolute atomic E-state index is 0.356. The third kappa shape index (κ3) is 4.22. The summed E-state index contributed by atoms with van der Waals surface area (Å²) in [6.07, 6.45) is 1.23.